The Hall–Kier alpha value is -4.08. The van der Waals surface area contributed by atoms with Crippen LogP contribution in [0.3, 0.4) is 0 Å². The number of carbonyl (C=O) groups is 4. The Morgan fingerprint density at radius 3 is 2.47 bits per heavy atom. The number of oxime groups is 1. The van der Waals surface area contributed by atoms with Gasteiger partial charge >= 0.3 is 12.1 Å². The van der Waals surface area contributed by atoms with Crippen LogP contribution in [0.4, 0.5) is 9.93 Å². The van der Waals surface area contributed by atoms with Gasteiger partial charge in [-0.05, 0) is 34.6 Å². The number of nitrogens with one attached hydrogen (secondary N) is 3. The van der Waals surface area contributed by atoms with Crippen LogP contribution in [0.2, 0.25) is 0 Å². The number of aromatic nitrogens is 4. The van der Waals surface area contributed by atoms with Gasteiger partial charge in [-0.3, -0.25) is 14.9 Å². The zero-order valence-corrected chi connectivity index (χ0v) is 21.0. The highest BCUT2D eigenvalue weighted by molar-refractivity contribution is 7.14. The fourth-order valence-electron chi connectivity index (χ4n) is 2.72. The van der Waals surface area contributed by atoms with E-state index in [2.05, 4.69) is 36.3 Å². The van der Waals surface area contributed by atoms with Crippen molar-refractivity contribution in [3.63, 3.8) is 0 Å². The van der Waals surface area contributed by atoms with Crippen LogP contribution < -0.4 is 16.0 Å². The maximum atomic E-state index is 13.1. The van der Waals surface area contributed by atoms with Crippen LogP contribution >= 0.6 is 11.3 Å². The van der Waals surface area contributed by atoms with E-state index in [0.29, 0.717) is 0 Å². The first-order chi connectivity index (χ1) is 16.7. The second kappa shape index (κ2) is 10.3. The number of hydrogen-bond acceptors (Lipinski definition) is 11. The van der Waals surface area contributed by atoms with E-state index in [9.17, 15) is 24.3 Å². The molecule has 1 aliphatic rings. The second-order valence-electron chi connectivity index (χ2n) is 9.16. The number of carbonyl (C=O) groups excluding carboxylic acids is 3. The van der Waals surface area contributed by atoms with Gasteiger partial charge in [-0.25, -0.2) is 14.6 Å². The van der Waals surface area contributed by atoms with Crippen LogP contribution in [-0.2, 0) is 30.5 Å². The second-order valence-corrected chi connectivity index (χ2v) is 10.0. The average molecular weight is 523 g/mol. The van der Waals surface area contributed by atoms with E-state index in [1.54, 1.807) is 20.8 Å². The molecule has 0 bridgehead atoms. The van der Waals surface area contributed by atoms with E-state index in [4.69, 9.17) is 9.57 Å². The molecule has 194 valence electrons. The molecule has 1 fully saturated rings. The molecule has 0 aliphatic carbocycles. The summed E-state index contributed by atoms with van der Waals surface area (Å²) in [5.74, 6) is -2.59. The molecule has 0 spiro atoms. The molecule has 1 saturated heterocycles. The first kappa shape index (κ1) is 26.5. The molecule has 36 heavy (non-hydrogen) atoms. The first-order valence-electron chi connectivity index (χ1n) is 10.7. The maximum Gasteiger partial charge on any atom is 0.413 e. The molecule has 2 aromatic rings. The number of carboxylic acid groups (broad SMARTS) is 1. The highest BCUT2D eigenvalue weighted by Gasteiger charge is 2.42. The van der Waals surface area contributed by atoms with Gasteiger partial charge in [0.2, 0.25) is 11.5 Å². The van der Waals surface area contributed by atoms with Crippen LogP contribution in [0.1, 0.15) is 40.3 Å². The number of amides is 3. The first-order valence-corrected chi connectivity index (χ1v) is 11.5. The van der Waals surface area contributed by atoms with E-state index in [0.717, 1.165) is 11.3 Å². The Labute approximate surface area is 209 Å². The van der Waals surface area contributed by atoms with Crippen molar-refractivity contribution in [1.29, 1.82) is 0 Å². The smallest absolute Gasteiger partial charge is 0.413 e. The van der Waals surface area contributed by atoms with Crippen molar-refractivity contribution in [2.24, 2.45) is 5.16 Å². The monoisotopic (exact) mass is 522 g/mol. The fraction of sp³-hybridized carbons (Fsp3) is 0.500. The largest absolute Gasteiger partial charge is 0.478 e. The summed E-state index contributed by atoms with van der Waals surface area (Å²) >= 11 is 0.977. The summed E-state index contributed by atoms with van der Waals surface area (Å²) in [6.45, 7) is 7.79. The molecular weight excluding hydrogens is 496 g/mol. The third-order valence-corrected chi connectivity index (χ3v) is 5.33. The number of rotatable bonds is 9. The number of nitrogens with zero attached hydrogens (tertiary/aromatic N) is 5. The molecule has 15 nitrogen and oxygen atoms in total. The van der Waals surface area contributed by atoms with E-state index in [1.165, 1.54) is 36.4 Å². The quantitative estimate of drug-likeness (QED) is 0.202. The predicted molar refractivity (Wildman–Crippen MR) is 125 cm³/mol. The molecule has 0 saturated carbocycles. The third kappa shape index (κ3) is 6.74. The molecule has 0 radical (unpaired) electrons. The Balaban J connectivity index is 1.79. The van der Waals surface area contributed by atoms with Gasteiger partial charge in [0.05, 0.1) is 25.0 Å². The van der Waals surface area contributed by atoms with Gasteiger partial charge in [0, 0.05) is 5.38 Å². The maximum absolute atomic E-state index is 13.1. The Bertz CT molecular complexity index is 1170. The molecule has 1 aliphatic heterocycles. The summed E-state index contributed by atoms with van der Waals surface area (Å²) in [6.07, 6.45) is 2.20. The normalized spacial score (nSPS) is 18.0. The molecule has 0 unspecified atom stereocenters. The Kier molecular flexibility index (Phi) is 7.57. The van der Waals surface area contributed by atoms with Crippen molar-refractivity contribution in [3.05, 3.63) is 23.5 Å². The Morgan fingerprint density at radius 1 is 1.22 bits per heavy atom. The van der Waals surface area contributed by atoms with Crippen molar-refractivity contribution in [3.8, 4) is 0 Å². The average Bonchev–Trinajstić information content (AvgIpc) is 3.43. The van der Waals surface area contributed by atoms with E-state index >= 15 is 0 Å². The van der Waals surface area contributed by atoms with Gasteiger partial charge in [0.15, 0.2) is 10.8 Å². The summed E-state index contributed by atoms with van der Waals surface area (Å²) < 4.78 is 5.18. The molecule has 16 heteroatoms. The van der Waals surface area contributed by atoms with Gasteiger partial charge < -0.3 is 25.3 Å². The zero-order valence-electron chi connectivity index (χ0n) is 20.1. The lowest BCUT2D eigenvalue weighted by Crippen LogP contribution is -2.70. The van der Waals surface area contributed by atoms with Crippen molar-refractivity contribution >= 4 is 46.1 Å². The standard InChI is InChI=1S/C20H26N8O7S/c1-19(2,3)34-18(33)26-17-24-11(9-36-17)13(27-35-20(4,5)16(31)32)15(30)25-12-10(23-14(12)29)8-28-21-6-7-22-28/h6-7,9-10,12H,8H2,1-5H3,(H,23,29)(H,25,30)(H,31,32)(H,24,26,33)/t10-,12-/m0/s1. The minimum absolute atomic E-state index is 0.0187. The third-order valence-electron chi connectivity index (χ3n) is 4.58. The summed E-state index contributed by atoms with van der Waals surface area (Å²) in [5.41, 5.74) is -2.91. The van der Waals surface area contributed by atoms with Gasteiger partial charge in [-0.2, -0.15) is 15.0 Å². The van der Waals surface area contributed by atoms with Crippen LogP contribution in [0.25, 0.3) is 0 Å². The lowest BCUT2D eigenvalue weighted by Gasteiger charge is -2.36. The Morgan fingerprint density at radius 2 is 1.89 bits per heavy atom. The number of anilines is 1. The van der Waals surface area contributed by atoms with Crippen molar-refractivity contribution in [2.75, 3.05) is 5.32 Å². The number of carboxylic acids is 1. The summed E-state index contributed by atoms with van der Waals surface area (Å²) in [7, 11) is 0. The molecule has 3 amide bonds. The lowest BCUT2D eigenvalue weighted by molar-refractivity contribution is -0.161. The van der Waals surface area contributed by atoms with Crippen molar-refractivity contribution < 1.29 is 33.9 Å². The number of β-lactam (4-membered cyclic amide) rings is 1. The molecule has 3 rings (SSSR count). The number of ether oxygens (including phenoxy) is 1. The highest BCUT2D eigenvalue weighted by Crippen LogP contribution is 2.20. The van der Waals surface area contributed by atoms with E-state index < -0.39 is 52.9 Å². The van der Waals surface area contributed by atoms with E-state index in [-0.39, 0.29) is 17.4 Å². The molecule has 2 atom stereocenters. The number of aliphatic carboxylic acids is 1. The van der Waals surface area contributed by atoms with Crippen LogP contribution in [0.15, 0.2) is 22.9 Å². The van der Waals surface area contributed by atoms with Crippen LogP contribution in [-0.4, -0.2) is 78.0 Å². The zero-order chi connectivity index (χ0) is 26.7. The molecule has 3 heterocycles. The van der Waals surface area contributed by atoms with Crippen LogP contribution in [0.5, 0.6) is 0 Å². The summed E-state index contributed by atoms with van der Waals surface area (Å²) in [6, 6.07) is -1.43. The minimum atomic E-state index is -1.76. The molecule has 4 N–H and O–H groups in total. The van der Waals surface area contributed by atoms with Gasteiger partial charge in [0.25, 0.3) is 5.91 Å². The summed E-state index contributed by atoms with van der Waals surface area (Å²) in [4.78, 5) is 59.3. The number of hydrogen-bond donors (Lipinski definition) is 4. The van der Waals surface area contributed by atoms with Crippen LogP contribution in [0, 0.1) is 0 Å². The number of thiazole rings is 1. The fourth-order valence-corrected chi connectivity index (χ4v) is 3.40. The summed E-state index contributed by atoms with van der Waals surface area (Å²) in [5, 5.41) is 30.1. The highest BCUT2D eigenvalue weighted by atomic mass is 32.1. The van der Waals surface area contributed by atoms with Crippen molar-refractivity contribution in [2.45, 2.75) is 64.4 Å². The van der Waals surface area contributed by atoms with Gasteiger partial charge in [-0.1, -0.05) is 5.16 Å². The molecular formula is C20H26N8O7S. The van der Waals surface area contributed by atoms with Crippen molar-refractivity contribution in [1.82, 2.24) is 30.6 Å². The van der Waals surface area contributed by atoms with E-state index in [1.807, 2.05) is 0 Å². The minimum Gasteiger partial charge on any atom is -0.478 e. The van der Waals surface area contributed by atoms with Gasteiger partial charge in [0.1, 0.15) is 17.3 Å². The molecule has 0 aromatic carbocycles. The molecule has 2 aromatic heterocycles. The predicted octanol–water partition coefficient (Wildman–Crippen LogP) is 0.349. The van der Waals surface area contributed by atoms with Gasteiger partial charge in [-0.15, -0.1) is 11.3 Å². The SMILES string of the molecule is CC(C)(C)OC(=O)Nc1nc(C(=NOC(C)(C)C(=O)O)C(=O)N[C@@H]2C(=O)N[C@H]2Cn2nccn2)cs1. The lowest BCUT2D eigenvalue weighted by atomic mass is 9.98. The topological polar surface area (TPSA) is 199 Å².